The van der Waals surface area contributed by atoms with E-state index in [9.17, 15) is 4.79 Å². The van der Waals surface area contributed by atoms with Crippen molar-refractivity contribution in [2.75, 3.05) is 39.8 Å². The van der Waals surface area contributed by atoms with Gasteiger partial charge in [0.15, 0.2) is 0 Å². The molecule has 0 bridgehead atoms. The second-order valence-electron chi connectivity index (χ2n) is 7.82. The molecule has 1 aromatic carbocycles. The van der Waals surface area contributed by atoms with E-state index in [2.05, 4.69) is 42.1 Å². The number of likely N-dealkylation sites (N-methyl/N-ethyl adjacent to an activating group) is 1. The molecule has 0 aromatic heterocycles. The number of rotatable bonds is 5. The van der Waals surface area contributed by atoms with Crippen LogP contribution in [-0.4, -0.2) is 61.0 Å². The van der Waals surface area contributed by atoms with E-state index < -0.39 is 0 Å². The van der Waals surface area contributed by atoms with Gasteiger partial charge in [0.25, 0.3) is 0 Å². The first-order valence-corrected chi connectivity index (χ1v) is 9.21. The highest BCUT2D eigenvalue weighted by Crippen LogP contribution is 2.47. The van der Waals surface area contributed by atoms with Gasteiger partial charge in [0.05, 0.1) is 0 Å². The maximum absolute atomic E-state index is 12.5. The summed E-state index contributed by atoms with van der Waals surface area (Å²) < 4.78 is 0. The minimum absolute atomic E-state index is 0.00262. The van der Waals surface area contributed by atoms with E-state index in [1.807, 2.05) is 18.2 Å². The zero-order valence-electron chi connectivity index (χ0n) is 14.9. The van der Waals surface area contributed by atoms with Crippen molar-refractivity contribution in [3.8, 4) is 0 Å². The molecule has 1 saturated carbocycles. The van der Waals surface area contributed by atoms with Gasteiger partial charge in [-0.25, -0.2) is 0 Å². The van der Waals surface area contributed by atoms with Crippen LogP contribution in [0.1, 0.15) is 31.7 Å². The van der Waals surface area contributed by atoms with Crippen LogP contribution >= 0.6 is 11.6 Å². The number of hydrogen-bond donors (Lipinski definition) is 1. The lowest BCUT2D eigenvalue weighted by Gasteiger charge is -2.43. The van der Waals surface area contributed by atoms with Crippen molar-refractivity contribution in [1.82, 2.24) is 15.1 Å². The summed E-state index contributed by atoms with van der Waals surface area (Å²) in [4.78, 5) is 17.3. The maximum atomic E-state index is 12.5. The molecule has 1 heterocycles. The van der Waals surface area contributed by atoms with Crippen LogP contribution in [0.15, 0.2) is 24.3 Å². The van der Waals surface area contributed by atoms with Crippen molar-refractivity contribution in [1.29, 1.82) is 0 Å². The lowest BCUT2D eigenvalue weighted by molar-refractivity contribution is -0.123. The fraction of sp³-hybridized carbons (Fsp3) is 0.632. The molecular formula is C19H28ClN3O. The van der Waals surface area contributed by atoms with Gasteiger partial charge in [-0.1, -0.05) is 23.7 Å². The quantitative estimate of drug-likeness (QED) is 0.887. The van der Waals surface area contributed by atoms with Gasteiger partial charge in [-0.2, -0.15) is 0 Å². The highest BCUT2D eigenvalue weighted by molar-refractivity contribution is 6.30. The Labute approximate surface area is 150 Å². The number of halogens is 1. The Morgan fingerprint density at radius 1 is 1.29 bits per heavy atom. The monoisotopic (exact) mass is 349 g/mol. The zero-order valence-corrected chi connectivity index (χ0v) is 15.6. The number of benzene rings is 1. The number of carbonyl (C=O) groups excluding carboxylic acids is 1. The summed E-state index contributed by atoms with van der Waals surface area (Å²) in [6, 6.07) is 7.88. The highest BCUT2D eigenvalue weighted by atomic mass is 35.5. The lowest BCUT2D eigenvalue weighted by Crippen LogP contribution is -2.57. The average Bonchev–Trinajstić information content (AvgIpc) is 3.34. The summed E-state index contributed by atoms with van der Waals surface area (Å²) in [5.74, 6) is 0.615. The summed E-state index contributed by atoms with van der Waals surface area (Å²) in [6.45, 7) is 9.46. The van der Waals surface area contributed by atoms with Crippen LogP contribution in [-0.2, 0) is 4.79 Å². The summed E-state index contributed by atoms with van der Waals surface area (Å²) in [5, 5.41) is 3.93. The SMILES string of the molecule is CN1CCN(C(C)(C)CNC(=O)C2CC2c2cccc(Cl)c2)CC1. The molecule has 4 nitrogen and oxygen atoms in total. The third-order valence-electron chi connectivity index (χ3n) is 5.46. The first kappa shape index (κ1) is 17.7. The van der Waals surface area contributed by atoms with Gasteiger partial charge in [-0.05, 0) is 50.9 Å². The minimum atomic E-state index is -0.00262. The third kappa shape index (κ3) is 4.11. The largest absolute Gasteiger partial charge is 0.354 e. The van der Waals surface area contributed by atoms with Crippen molar-refractivity contribution in [3.05, 3.63) is 34.9 Å². The number of nitrogens with zero attached hydrogens (tertiary/aromatic N) is 2. The molecule has 2 fully saturated rings. The van der Waals surface area contributed by atoms with Crippen LogP contribution in [0.5, 0.6) is 0 Å². The van der Waals surface area contributed by atoms with E-state index in [1.165, 1.54) is 5.56 Å². The fourth-order valence-electron chi connectivity index (χ4n) is 3.55. The highest BCUT2D eigenvalue weighted by Gasteiger charge is 2.44. The van der Waals surface area contributed by atoms with Crippen LogP contribution in [0.4, 0.5) is 0 Å². The summed E-state index contributed by atoms with van der Waals surface area (Å²) in [6.07, 6.45) is 0.932. The van der Waals surface area contributed by atoms with Crippen LogP contribution in [0, 0.1) is 5.92 Å². The van der Waals surface area contributed by atoms with Gasteiger partial charge in [0.1, 0.15) is 0 Å². The number of nitrogens with one attached hydrogen (secondary N) is 1. The third-order valence-corrected chi connectivity index (χ3v) is 5.69. The molecule has 1 aromatic rings. The summed E-state index contributed by atoms with van der Waals surface area (Å²) in [7, 11) is 2.16. The second-order valence-corrected chi connectivity index (χ2v) is 8.26. The molecule has 24 heavy (non-hydrogen) atoms. The van der Waals surface area contributed by atoms with Crippen molar-refractivity contribution in [3.63, 3.8) is 0 Å². The van der Waals surface area contributed by atoms with Crippen molar-refractivity contribution in [2.24, 2.45) is 5.92 Å². The molecule has 0 radical (unpaired) electrons. The Kier molecular flexibility index (Phi) is 5.19. The van der Waals surface area contributed by atoms with Crippen molar-refractivity contribution < 1.29 is 4.79 Å². The van der Waals surface area contributed by atoms with Gasteiger partial charge in [0.2, 0.25) is 5.91 Å². The smallest absolute Gasteiger partial charge is 0.223 e. The first-order valence-electron chi connectivity index (χ1n) is 8.83. The molecule has 0 spiro atoms. The van der Waals surface area contributed by atoms with E-state index >= 15 is 0 Å². The number of carbonyl (C=O) groups is 1. The minimum Gasteiger partial charge on any atom is -0.354 e. The fourth-order valence-corrected chi connectivity index (χ4v) is 3.75. The average molecular weight is 350 g/mol. The summed E-state index contributed by atoms with van der Waals surface area (Å²) >= 11 is 6.05. The number of hydrogen-bond acceptors (Lipinski definition) is 3. The molecule has 3 rings (SSSR count). The predicted molar refractivity (Wildman–Crippen MR) is 98.5 cm³/mol. The van der Waals surface area contributed by atoms with Gasteiger partial charge < -0.3 is 10.2 Å². The van der Waals surface area contributed by atoms with Crippen molar-refractivity contribution >= 4 is 17.5 Å². The standard InChI is InChI=1S/C19H28ClN3O/c1-19(2,23-9-7-22(3)8-10-23)13-21-18(24)17-12-16(17)14-5-4-6-15(20)11-14/h4-6,11,16-17H,7-10,12-13H2,1-3H3,(H,21,24). The first-order chi connectivity index (χ1) is 11.4. The van der Waals surface area contributed by atoms with E-state index in [0.717, 1.165) is 37.6 Å². The molecule has 1 aliphatic carbocycles. The maximum Gasteiger partial charge on any atom is 0.223 e. The Hall–Kier alpha value is -1.10. The zero-order chi connectivity index (χ0) is 17.3. The molecule has 1 aliphatic heterocycles. The molecule has 2 atom stereocenters. The Balaban J connectivity index is 1.49. The van der Waals surface area contributed by atoms with Crippen LogP contribution < -0.4 is 5.32 Å². The second kappa shape index (κ2) is 7.03. The van der Waals surface area contributed by atoms with Crippen LogP contribution in [0.3, 0.4) is 0 Å². The van der Waals surface area contributed by atoms with E-state index in [-0.39, 0.29) is 17.4 Å². The van der Waals surface area contributed by atoms with Gasteiger partial charge in [-0.15, -0.1) is 0 Å². The number of piperazine rings is 1. The van der Waals surface area contributed by atoms with Gasteiger partial charge in [0, 0.05) is 49.2 Å². The van der Waals surface area contributed by atoms with Gasteiger partial charge >= 0.3 is 0 Å². The molecule has 1 N–H and O–H groups in total. The molecule has 2 unspecified atom stereocenters. The van der Waals surface area contributed by atoms with E-state index in [0.29, 0.717) is 12.5 Å². The summed E-state index contributed by atoms with van der Waals surface area (Å²) in [5.41, 5.74) is 1.18. The normalized spacial score (nSPS) is 25.5. The molecule has 2 aliphatic rings. The molecule has 1 amide bonds. The van der Waals surface area contributed by atoms with Crippen LogP contribution in [0.25, 0.3) is 0 Å². The topological polar surface area (TPSA) is 35.6 Å². The van der Waals surface area contributed by atoms with Crippen LogP contribution in [0.2, 0.25) is 5.02 Å². The molecular weight excluding hydrogens is 322 g/mol. The predicted octanol–water partition coefficient (Wildman–Crippen LogP) is 2.59. The number of amides is 1. The lowest BCUT2D eigenvalue weighted by atomic mass is 10.0. The van der Waals surface area contributed by atoms with Crippen molar-refractivity contribution in [2.45, 2.75) is 31.7 Å². The Bertz CT molecular complexity index is 596. The Morgan fingerprint density at radius 2 is 2.00 bits per heavy atom. The van der Waals surface area contributed by atoms with E-state index in [1.54, 1.807) is 0 Å². The molecule has 1 saturated heterocycles. The molecule has 132 valence electrons. The molecule has 5 heteroatoms. The Morgan fingerprint density at radius 3 is 2.67 bits per heavy atom. The van der Waals surface area contributed by atoms with E-state index in [4.69, 9.17) is 11.6 Å². The van der Waals surface area contributed by atoms with Gasteiger partial charge in [-0.3, -0.25) is 9.69 Å².